The normalized spacial score (nSPS) is 14.3. The molecule has 1 rings (SSSR count). The first kappa shape index (κ1) is 11.7. The Bertz CT molecular complexity index is 351. The van der Waals surface area contributed by atoms with Crippen molar-refractivity contribution in [2.75, 3.05) is 0 Å². The van der Waals surface area contributed by atoms with E-state index in [2.05, 4.69) is 18.7 Å². The van der Waals surface area contributed by atoms with E-state index < -0.39 is 0 Å². The molecule has 0 aliphatic carbocycles. The predicted octanol–water partition coefficient (Wildman–Crippen LogP) is 3.57. The topological polar surface area (TPSA) is 17.1 Å². The molecule has 0 aliphatic rings. The van der Waals surface area contributed by atoms with Crippen LogP contribution in [0.25, 0.3) is 0 Å². The van der Waals surface area contributed by atoms with Crippen molar-refractivity contribution in [3.63, 3.8) is 0 Å². The van der Waals surface area contributed by atoms with Gasteiger partial charge in [-0.3, -0.25) is 4.79 Å². The van der Waals surface area contributed by atoms with Gasteiger partial charge in [0.25, 0.3) is 0 Å². The van der Waals surface area contributed by atoms with Gasteiger partial charge in [0, 0.05) is 11.8 Å². The number of hydrogen-bond acceptors (Lipinski definition) is 1. The third-order valence-corrected chi connectivity index (χ3v) is 2.83. The molecule has 1 aromatic rings. The molecule has 0 radical (unpaired) electrons. The summed E-state index contributed by atoms with van der Waals surface area (Å²) in [7, 11) is 0. The van der Waals surface area contributed by atoms with Crippen LogP contribution in [0.1, 0.15) is 32.3 Å². The minimum atomic E-state index is 0.00454. The zero-order valence-electron chi connectivity index (χ0n) is 9.66. The van der Waals surface area contributed by atoms with E-state index in [9.17, 15) is 4.79 Å². The van der Waals surface area contributed by atoms with Crippen LogP contribution in [0.5, 0.6) is 0 Å². The molecule has 0 saturated heterocycles. The average molecular weight is 202 g/mol. The molecule has 0 aromatic heterocycles. The Kier molecular flexibility index (Phi) is 3.84. The molecule has 0 N–H and O–H groups in total. The van der Waals surface area contributed by atoms with E-state index in [1.807, 2.05) is 32.0 Å². The molecular formula is C14H18O. The van der Waals surface area contributed by atoms with Gasteiger partial charge in [0.2, 0.25) is 0 Å². The molecule has 1 nitrogen and oxygen atoms in total. The molecular weight excluding hydrogens is 184 g/mol. The summed E-state index contributed by atoms with van der Waals surface area (Å²) in [6.45, 7) is 9.58. The maximum Gasteiger partial charge on any atom is 0.133 e. The molecule has 0 unspecified atom stereocenters. The molecule has 0 bridgehead atoms. The Labute approximate surface area is 91.8 Å². The van der Waals surface area contributed by atoms with Gasteiger partial charge in [-0.2, -0.15) is 0 Å². The molecule has 0 saturated carbocycles. The summed E-state index contributed by atoms with van der Waals surface area (Å²) in [4.78, 5) is 11.4. The fraction of sp³-hybridized carbons (Fsp3) is 0.357. The van der Waals surface area contributed by atoms with E-state index in [-0.39, 0.29) is 17.6 Å². The first-order chi connectivity index (χ1) is 7.04. The van der Waals surface area contributed by atoms with Crippen LogP contribution in [-0.4, -0.2) is 5.78 Å². The van der Waals surface area contributed by atoms with Crippen molar-refractivity contribution in [1.82, 2.24) is 0 Å². The van der Waals surface area contributed by atoms with Crippen LogP contribution in [0.4, 0.5) is 0 Å². The highest BCUT2D eigenvalue weighted by Gasteiger charge is 2.22. The largest absolute Gasteiger partial charge is 0.300 e. The zero-order chi connectivity index (χ0) is 11.4. The second kappa shape index (κ2) is 4.92. The molecule has 0 amide bonds. The summed E-state index contributed by atoms with van der Waals surface area (Å²) in [5.74, 6) is 0.362. The van der Waals surface area contributed by atoms with Gasteiger partial charge in [-0.1, -0.05) is 49.4 Å². The van der Waals surface area contributed by atoms with E-state index in [0.717, 1.165) is 5.57 Å². The highest BCUT2D eigenvalue weighted by atomic mass is 16.1. The number of benzene rings is 1. The lowest BCUT2D eigenvalue weighted by atomic mass is 9.81. The first-order valence-corrected chi connectivity index (χ1v) is 5.25. The molecule has 0 spiro atoms. The SMILES string of the molecule is C=C(C)[C@H](c1ccccc1)[C@@H](C)C(C)=O. The third kappa shape index (κ3) is 2.79. The summed E-state index contributed by atoms with van der Waals surface area (Å²) in [6, 6.07) is 10.1. The third-order valence-electron chi connectivity index (χ3n) is 2.83. The molecule has 0 fully saturated rings. The summed E-state index contributed by atoms with van der Waals surface area (Å²) in [5.41, 5.74) is 2.22. The van der Waals surface area contributed by atoms with Crippen molar-refractivity contribution in [2.45, 2.75) is 26.7 Å². The molecule has 0 heterocycles. The van der Waals surface area contributed by atoms with Crippen LogP contribution in [0.2, 0.25) is 0 Å². The molecule has 15 heavy (non-hydrogen) atoms. The average Bonchev–Trinajstić information content (AvgIpc) is 2.18. The van der Waals surface area contributed by atoms with Crippen molar-refractivity contribution in [1.29, 1.82) is 0 Å². The number of carbonyl (C=O) groups excluding carboxylic acids is 1. The van der Waals surface area contributed by atoms with Gasteiger partial charge in [-0.05, 0) is 19.4 Å². The van der Waals surface area contributed by atoms with Crippen molar-refractivity contribution >= 4 is 5.78 Å². The minimum Gasteiger partial charge on any atom is -0.300 e. The monoisotopic (exact) mass is 202 g/mol. The summed E-state index contributed by atoms with van der Waals surface area (Å²) >= 11 is 0. The summed E-state index contributed by atoms with van der Waals surface area (Å²) < 4.78 is 0. The second-order valence-corrected chi connectivity index (χ2v) is 4.13. The van der Waals surface area contributed by atoms with Crippen molar-refractivity contribution in [2.24, 2.45) is 5.92 Å². The second-order valence-electron chi connectivity index (χ2n) is 4.13. The highest BCUT2D eigenvalue weighted by Crippen LogP contribution is 2.31. The number of hydrogen-bond donors (Lipinski definition) is 0. The fourth-order valence-electron chi connectivity index (χ4n) is 1.90. The molecule has 1 heteroatoms. The maximum absolute atomic E-state index is 11.4. The van der Waals surface area contributed by atoms with E-state index >= 15 is 0 Å². The Morgan fingerprint density at radius 1 is 1.20 bits per heavy atom. The van der Waals surface area contributed by atoms with E-state index in [4.69, 9.17) is 0 Å². The number of carbonyl (C=O) groups is 1. The maximum atomic E-state index is 11.4. The smallest absolute Gasteiger partial charge is 0.133 e. The van der Waals surface area contributed by atoms with Crippen molar-refractivity contribution in [3.05, 3.63) is 48.0 Å². The van der Waals surface area contributed by atoms with Gasteiger partial charge in [-0.25, -0.2) is 0 Å². The lowest BCUT2D eigenvalue weighted by Gasteiger charge is -2.22. The van der Waals surface area contributed by atoms with Crippen LogP contribution in [-0.2, 0) is 4.79 Å². The Balaban J connectivity index is 3.04. The van der Waals surface area contributed by atoms with Crippen LogP contribution >= 0.6 is 0 Å². The Hall–Kier alpha value is -1.37. The van der Waals surface area contributed by atoms with Crippen molar-refractivity contribution < 1.29 is 4.79 Å². The number of ketones is 1. The van der Waals surface area contributed by atoms with E-state index in [0.29, 0.717) is 0 Å². The molecule has 1 aromatic carbocycles. The predicted molar refractivity (Wildman–Crippen MR) is 63.8 cm³/mol. The first-order valence-electron chi connectivity index (χ1n) is 5.25. The van der Waals surface area contributed by atoms with Crippen LogP contribution in [0, 0.1) is 5.92 Å². The van der Waals surface area contributed by atoms with Gasteiger partial charge in [0.15, 0.2) is 0 Å². The number of allylic oxidation sites excluding steroid dienone is 1. The van der Waals surface area contributed by atoms with Gasteiger partial charge in [0.1, 0.15) is 5.78 Å². The van der Waals surface area contributed by atoms with E-state index in [1.165, 1.54) is 5.56 Å². The van der Waals surface area contributed by atoms with E-state index in [1.54, 1.807) is 6.92 Å². The Morgan fingerprint density at radius 2 is 1.73 bits per heavy atom. The lowest BCUT2D eigenvalue weighted by molar-refractivity contribution is -0.120. The quantitative estimate of drug-likeness (QED) is 0.682. The van der Waals surface area contributed by atoms with Gasteiger partial charge >= 0.3 is 0 Å². The molecule has 80 valence electrons. The number of rotatable bonds is 4. The Morgan fingerprint density at radius 3 is 2.13 bits per heavy atom. The zero-order valence-corrected chi connectivity index (χ0v) is 9.66. The van der Waals surface area contributed by atoms with Crippen molar-refractivity contribution in [3.8, 4) is 0 Å². The van der Waals surface area contributed by atoms with Crippen LogP contribution in [0.15, 0.2) is 42.5 Å². The van der Waals surface area contributed by atoms with Crippen LogP contribution in [0.3, 0.4) is 0 Å². The number of Topliss-reactive ketones (excluding diaryl/α,β-unsaturated/α-hetero) is 1. The fourth-order valence-corrected chi connectivity index (χ4v) is 1.90. The van der Waals surface area contributed by atoms with Gasteiger partial charge < -0.3 is 0 Å². The molecule has 2 atom stereocenters. The highest BCUT2D eigenvalue weighted by molar-refractivity contribution is 5.79. The summed E-state index contributed by atoms with van der Waals surface area (Å²) in [6.07, 6.45) is 0. The molecule has 0 aliphatic heterocycles. The van der Waals surface area contributed by atoms with Gasteiger partial charge in [0.05, 0.1) is 0 Å². The van der Waals surface area contributed by atoms with Gasteiger partial charge in [-0.15, -0.1) is 0 Å². The summed E-state index contributed by atoms with van der Waals surface area (Å²) in [5, 5.41) is 0. The van der Waals surface area contributed by atoms with Crippen LogP contribution < -0.4 is 0 Å². The minimum absolute atomic E-state index is 0.00454. The standard InChI is InChI=1S/C14H18O/c1-10(2)14(11(3)12(4)15)13-8-6-5-7-9-13/h5-9,11,14H,1H2,2-4H3/t11-,14-/m0/s1. The lowest BCUT2D eigenvalue weighted by Crippen LogP contribution is -2.17.